The molecule has 1 aromatic rings. The molecule has 0 aliphatic carbocycles. The van der Waals surface area contributed by atoms with E-state index in [2.05, 4.69) is 44.0 Å². The molecule has 2 heterocycles. The largest absolute Gasteiger partial charge is 0.357 e. The van der Waals surface area contributed by atoms with Crippen LogP contribution in [-0.4, -0.2) is 24.1 Å². The smallest absolute Gasteiger partial charge is 0.128 e. The summed E-state index contributed by atoms with van der Waals surface area (Å²) in [6, 6.07) is 4.47. The van der Waals surface area contributed by atoms with Gasteiger partial charge in [0.1, 0.15) is 5.82 Å². The van der Waals surface area contributed by atoms with Gasteiger partial charge in [-0.2, -0.15) is 0 Å². The quantitative estimate of drug-likeness (QED) is 0.887. The number of pyridine rings is 1. The zero-order valence-corrected chi connectivity index (χ0v) is 14.5. The third kappa shape index (κ3) is 4.58. The molecule has 21 heavy (non-hydrogen) atoms. The Balaban J connectivity index is 2.02. The number of nitrogens with zero attached hydrogens (tertiary/aromatic N) is 2. The third-order valence-corrected chi connectivity index (χ3v) is 4.73. The van der Waals surface area contributed by atoms with Gasteiger partial charge in [-0.3, -0.25) is 0 Å². The van der Waals surface area contributed by atoms with E-state index >= 15 is 0 Å². The van der Waals surface area contributed by atoms with Gasteiger partial charge in [-0.05, 0) is 36.8 Å². The van der Waals surface area contributed by atoms with E-state index < -0.39 is 0 Å². The Labute approximate surface area is 134 Å². The molecule has 1 aliphatic rings. The van der Waals surface area contributed by atoms with Gasteiger partial charge < -0.3 is 10.2 Å². The highest BCUT2D eigenvalue weighted by atomic mass is 35.5. The maximum Gasteiger partial charge on any atom is 0.128 e. The van der Waals surface area contributed by atoms with Gasteiger partial charge in [0.15, 0.2) is 0 Å². The Kier molecular flexibility index (Phi) is 5.88. The fourth-order valence-corrected chi connectivity index (χ4v) is 3.04. The molecule has 0 spiro atoms. The second-order valence-corrected chi connectivity index (χ2v) is 7.11. The van der Waals surface area contributed by atoms with E-state index in [4.69, 9.17) is 16.6 Å². The minimum absolute atomic E-state index is 0.438. The Bertz CT molecular complexity index is 451. The Morgan fingerprint density at radius 2 is 1.90 bits per heavy atom. The molecular formula is C17H28ClN3. The number of piperidine rings is 1. The first-order chi connectivity index (χ1) is 9.97. The van der Waals surface area contributed by atoms with Gasteiger partial charge in [-0.15, -0.1) is 0 Å². The van der Waals surface area contributed by atoms with Gasteiger partial charge in [-0.25, -0.2) is 4.98 Å². The van der Waals surface area contributed by atoms with E-state index in [0.717, 1.165) is 48.0 Å². The van der Waals surface area contributed by atoms with Crippen LogP contribution < -0.4 is 10.2 Å². The van der Waals surface area contributed by atoms with Crippen molar-refractivity contribution in [3.05, 3.63) is 22.8 Å². The number of halogens is 1. The third-order valence-electron chi connectivity index (χ3n) is 4.39. The number of hydrogen-bond acceptors (Lipinski definition) is 3. The molecule has 0 amide bonds. The molecule has 0 bridgehead atoms. The standard InChI is InChI=1S/C17H28ClN3/c1-12(2)14-7-9-21(10-8-14)17-6-5-15(18)16(20-17)11-19-13(3)4/h5-6,12-14,19H,7-11H2,1-4H3. The van der Waals surface area contributed by atoms with Crippen molar-refractivity contribution in [2.24, 2.45) is 11.8 Å². The number of aromatic nitrogens is 1. The first-order valence-corrected chi connectivity index (χ1v) is 8.49. The van der Waals surface area contributed by atoms with Crippen LogP contribution in [0.5, 0.6) is 0 Å². The van der Waals surface area contributed by atoms with Crippen molar-refractivity contribution in [1.29, 1.82) is 0 Å². The molecule has 1 aliphatic heterocycles. The first kappa shape index (κ1) is 16.6. The van der Waals surface area contributed by atoms with Crippen molar-refractivity contribution < 1.29 is 0 Å². The maximum absolute atomic E-state index is 6.26. The summed E-state index contributed by atoms with van der Waals surface area (Å²) in [5.41, 5.74) is 0.953. The zero-order valence-electron chi connectivity index (χ0n) is 13.7. The predicted octanol–water partition coefficient (Wildman–Crippen LogP) is 4.11. The van der Waals surface area contributed by atoms with Crippen molar-refractivity contribution in [3.8, 4) is 0 Å². The van der Waals surface area contributed by atoms with Gasteiger partial charge in [0, 0.05) is 25.7 Å². The van der Waals surface area contributed by atoms with Crippen LogP contribution in [0.4, 0.5) is 5.82 Å². The lowest BCUT2D eigenvalue weighted by Crippen LogP contribution is -2.36. The van der Waals surface area contributed by atoms with Crippen molar-refractivity contribution in [1.82, 2.24) is 10.3 Å². The second-order valence-electron chi connectivity index (χ2n) is 6.70. The molecule has 1 fully saturated rings. The van der Waals surface area contributed by atoms with Crippen LogP contribution in [0.3, 0.4) is 0 Å². The lowest BCUT2D eigenvalue weighted by atomic mass is 9.87. The summed E-state index contributed by atoms with van der Waals surface area (Å²) in [4.78, 5) is 7.17. The van der Waals surface area contributed by atoms with Gasteiger partial charge in [-0.1, -0.05) is 39.3 Å². The van der Waals surface area contributed by atoms with Crippen LogP contribution in [0.2, 0.25) is 5.02 Å². The van der Waals surface area contributed by atoms with Crippen LogP contribution in [0.15, 0.2) is 12.1 Å². The Hall–Kier alpha value is -0.800. The molecule has 1 saturated heterocycles. The highest BCUT2D eigenvalue weighted by Gasteiger charge is 2.22. The molecule has 4 heteroatoms. The monoisotopic (exact) mass is 309 g/mol. The van der Waals surface area contributed by atoms with Crippen molar-refractivity contribution in [3.63, 3.8) is 0 Å². The summed E-state index contributed by atoms with van der Waals surface area (Å²) in [6.45, 7) is 11.9. The number of nitrogens with one attached hydrogen (secondary N) is 1. The summed E-state index contributed by atoms with van der Waals surface area (Å²) >= 11 is 6.26. The van der Waals surface area contributed by atoms with E-state index in [9.17, 15) is 0 Å². The highest BCUT2D eigenvalue weighted by Crippen LogP contribution is 2.28. The normalized spacial score (nSPS) is 17.0. The summed E-state index contributed by atoms with van der Waals surface area (Å²) in [7, 11) is 0. The summed E-state index contributed by atoms with van der Waals surface area (Å²) in [5.74, 6) is 2.72. The van der Waals surface area contributed by atoms with E-state index in [1.54, 1.807) is 0 Å². The van der Waals surface area contributed by atoms with Crippen LogP contribution in [0, 0.1) is 11.8 Å². The Morgan fingerprint density at radius 1 is 1.24 bits per heavy atom. The number of hydrogen-bond donors (Lipinski definition) is 1. The van der Waals surface area contributed by atoms with E-state index in [1.165, 1.54) is 12.8 Å². The topological polar surface area (TPSA) is 28.2 Å². The molecule has 0 saturated carbocycles. The second kappa shape index (κ2) is 7.46. The Morgan fingerprint density at radius 3 is 2.48 bits per heavy atom. The minimum atomic E-state index is 0.438. The van der Waals surface area contributed by atoms with E-state index in [-0.39, 0.29) is 0 Å². The van der Waals surface area contributed by atoms with E-state index in [1.807, 2.05) is 6.07 Å². The molecule has 1 N–H and O–H groups in total. The van der Waals surface area contributed by atoms with Crippen LogP contribution in [0.1, 0.15) is 46.2 Å². The number of anilines is 1. The fraction of sp³-hybridized carbons (Fsp3) is 0.706. The number of rotatable bonds is 5. The fourth-order valence-electron chi connectivity index (χ4n) is 2.87. The highest BCUT2D eigenvalue weighted by molar-refractivity contribution is 6.31. The lowest BCUT2D eigenvalue weighted by molar-refractivity contribution is 0.310. The molecule has 2 rings (SSSR count). The van der Waals surface area contributed by atoms with Crippen molar-refractivity contribution in [2.75, 3.05) is 18.0 Å². The molecule has 118 valence electrons. The average Bonchev–Trinajstić information content (AvgIpc) is 2.46. The van der Waals surface area contributed by atoms with Crippen LogP contribution >= 0.6 is 11.6 Å². The molecule has 0 unspecified atom stereocenters. The summed E-state index contributed by atoms with van der Waals surface area (Å²) < 4.78 is 0. The summed E-state index contributed by atoms with van der Waals surface area (Å²) in [5, 5.41) is 4.14. The van der Waals surface area contributed by atoms with Gasteiger partial charge >= 0.3 is 0 Å². The molecule has 0 atom stereocenters. The van der Waals surface area contributed by atoms with Gasteiger partial charge in [0.25, 0.3) is 0 Å². The van der Waals surface area contributed by atoms with Crippen LogP contribution in [0.25, 0.3) is 0 Å². The summed E-state index contributed by atoms with van der Waals surface area (Å²) in [6.07, 6.45) is 2.53. The SMILES string of the molecule is CC(C)NCc1nc(N2CCC(C(C)C)CC2)ccc1Cl. The average molecular weight is 310 g/mol. The van der Waals surface area contributed by atoms with Crippen molar-refractivity contribution in [2.45, 2.75) is 53.1 Å². The van der Waals surface area contributed by atoms with Crippen LogP contribution in [-0.2, 0) is 6.54 Å². The van der Waals surface area contributed by atoms with Crippen molar-refractivity contribution >= 4 is 17.4 Å². The zero-order chi connectivity index (χ0) is 15.4. The first-order valence-electron chi connectivity index (χ1n) is 8.11. The molecular weight excluding hydrogens is 282 g/mol. The molecule has 3 nitrogen and oxygen atoms in total. The molecule has 0 radical (unpaired) electrons. The van der Waals surface area contributed by atoms with Gasteiger partial charge in [0.05, 0.1) is 10.7 Å². The predicted molar refractivity (Wildman–Crippen MR) is 91.0 cm³/mol. The lowest BCUT2D eigenvalue weighted by Gasteiger charge is -2.34. The van der Waals surface area contributed by atoms with Gasteiger partial charge in [0.2, 0.25) is 0 Å². The molecule has 0 aromatic carbocycles. The minimum Gasteiger partial charge on any atom is -0.357 e. The maximum atomic E-state index is 6.26. The van der Waals surface area contributed by atoms with E-state index in [0.29, 0.717) is 6.04 Å². The molecule has 1 aromatic heterocycles.